The van der Waals surface area contributed by atoms with Crippen LogP contribution in [-0.4, -0.2) is 31.1 Å². The van der Waals surface area contributed by atoms with Crippen molar-refractivity contribution in [2.45, 2.75) is 31.8 Å². The Morgan fingerprint density at radius 3 is 2.54 bits per heavy atom. The Kier molecular flexibility index (Phi) is 5.67. The van der Waals surface area contributed by atoms with Crippen LogP contribution >= 0.6 is 11.6 Å². The first kappa shape index (κ1) is 18.5. The van der Waals surface area contributed by atoms with Crippen LogP contribution in [0.5, 0.6) is 11.5 Å². The van der Waals surface area contributed by atoms with E-state index in [1.54, 1.807) is 43.4 Å². The van der Waals surface area contributed by atoms with E-state index in [-0.39, 0.29) is 30.7 Å². The van der Waals surface area contributed by atoms with Gasteiger partial charge in [0.05, 0.1) is 27.2 Å². The number of rotatable bonds is 7. The van der Waals surface area contributed by atoms with Crippen molar-refractivity contribution in [1.29, 1.82) is 0 Å². The van der Waals surface area contributed by atoms with E-state index in [9.17, 15) is 9.18 Å². The summed E-state index contributed by atoms with van der Waals surface area (Å²) >= 11 is 6.13. The predicted molar refractivity (Wildman–Crippen MR) is 98.2 cm³/mol. The van der Waals surface area contributed by atoms with Crippen molar-refractivity contribution in [2.75, 3.05) is 14.2 Å². The first-order chi connectivity index (χ1) is 12.5. The summed E-state index contributed by atoms with van der Waals surface area (Å²) in [7, 11) is 3.12. The number of ether oxygens (including phenoxy) is 2. The molecule has 2 aromatic carbocycles. The minimum absolute atomic E-state index is 0.0564. The number of carbonyl (C=O) groups excluding carboxylic acids is 1. The maximum Gasteiger partial charge on any atom is 0.227 e. The molecule has 0 unspecified atom stereocenters. The first-order valence-corrected chi connectivity index (χ1v) is 8.84. The predicted octanol–water partition coefficient (Wildman–Crippen LogP) is 4.23. The normalized spacial score (nSPS) is 13.4. The Morgan fingerprint density at radius 2 is 1.92 bits per heavy atom. The van der Waals surface area contributed by atoms with E-state index in [1.807, 2.05) is 6.07 Å². The summed E-state index contributed by atoms with van der Waals surface area (Å²) in [5.41, 5.74) is 1.18. The molecule has 26 heavy (non-hydrogen) atoms. The van der Waals surface area contributed by atoms with Crippen LogP contribution in [0.3, 0.4) is 0 Å². The molecule has 0 N–H and O–H groups in total. The number of carbonyl (C=O) groups is 1. The molecule has 6 heteroatoms. The summed E-state index contributed by atoms with van der Waals surface area (Å²) in [4.78, 5) is 14.6. The zero-order chi connectivity index (χ0) is 18.7. The summed E-state index contributed by atoms with van der Waals surface area (Å²) < 4.78 is 24.6. The van der Waals surface area contributed by atoms with Gasteiger partial charge in [0.1, 0.15) is 5.82 Å². The first-order valence-electron chi connectivity index (χ1n) is 8.46. The molecule has 2 aromatic rings. The van der Waals surface area contributed by atoms with Crippen molar-refractivity contribution >= 4 is 17.5 Å². The molecule has 1 aliphatic carbocycles. The van der Waals surface area contributed by atoms with Crippen LogP contribution in [-0.2, 0) is 17.8 Å². The van der Waals surface area contributed by atoms with Crippen LogP contribution in [0.2, 0.25) is 5.02 Å². The summed E-state index contributed by atoms with van der Waals surface area (Å²) in [6, 6.07) is 10.1. The Balaban J connectivity index is 1.78. The summed E-state index contributed by atoms with van der Waals surface area (Å²) in [6.07, 6.45) is 2.08. The van der Waals surface area contributed by atoms with E-state index in [2.05, 4.69) is 0 Å². The topological polar surface area (TPSA) is 38.8 Å². The van der Waals surface area contributed by atoms with Crippen molar-refractivity contribution < 1.29 is 18.7 Å². The Bertz CT molecular complexity index is 787. The second kappa shape index (κ2) is 7.96. The molecular weight excluding hydrogens is 357 g/mol. The van der Waals surface area contributed by atoms with E-state index >= 15 is 0 Å². The average Bonchev–Trinajstić information content (AvgIpc) is 3.46. The fourth-order valence-electron chi connectivity index (χ4n) is 2.93. The van der Waals surface area contributed by atoms with Gasteiger partial charge in [-0.25, -0.2) is 4.39 Å². The summed E-state index contributed by atoms with van der Waals surface area (Å²) in [6.45, 7) is 0.183. The van der Waals surface area contributed by atoms with E-state index in [0.29, 0.717) is 22.1 Å². The zero-order valence-corrected chi connectivity index (χ0v) is 15.6. The highest BCUT2D eigenvalue weighted by atomic mass is 35.5. The van der Waals surface area contributed by atoms with Gasteiger partial charge >= 0.3 is 0 Å². The number of halogens is 2. The third-order valence-electron chi connectivity index (χ3n) is 4.50. The van der Waals surface area contributed by atoms with Crippen LogP contribution in [0.25, 0.3) is 0 Å². The summed E-state index contributed by atoms with van der Waals surface area (Å²) in [5, 5.41) is 0.342. The highest BCUT2D eigenvalue weighted by molar-refractivity contribution is 6.31. The number of benzene rings is 2. The minimum atomic E-state index is -0.387. The van der Waals surface area contributed by atoms with Gasteiger partial charge in [0.25, 0.3) is 0 Å². The van der Waals surface area contributed by atoms with E-state index in [1.165, 1.54) is 6.07 Å². The highest BCUT2D eigenvalue weighted by Gasteiger charge is 2.33. The molecular formula is C20H21ClFNO3. The standard InChI is InChI=1S/C20H21ClFNO3/c1-25-18-9-6-13(10-19(18)26-2)11-20(24)23(14-7-8-14)12-15-16(21)4-3-5-17(15)22/h3-6,9-10,14H,7-8,11-12H2,1-2H3. The lowest BCUT2D eigenvalue weighted by Crippen LogP contribution is -2.34. The number of hydrogen-bond donors (Lipinski definition) is 0. The molecule has 0 aliphatic heterocycles. The lowest BCUT2D eigenvalue weighted by Gasteiger charge is -2.23. The molecule has 1 aliphatic rings. The summed E-state index contributed by atoms with van der Waals surface area (Å²) in [5.74, 6) is 0.745. The molecule has 0 spiro atoms. The molecule has 0 bridgehead atoms. The van der Waals surface area contributed by atoms with Gasteiger partial charge in [0.15, 0.2) is 11.5 Å². The van der Waals surface area contributed by atoms with Crippen LogP contribution in [0.1, 0.15) is 24.0 Å². The van der Waals surface area contributed by atoms with Gasteiger partial charge < -0.3 is 14.4 Å². The van der Waals surface area contributed by atoms with Crippen molar-refractivity contribution in [1.82, 2.24) is 4.90 Å². The lowest BCUT2D eigenvalue weighted by atomic mass is 10.1. The third kappa shape index (κ3) is 4.10. The van der Waals surface area contributed by atoms with Gasteiger partial charge in [-0.1, -0.05) is 23.7 Å². The number of methoxy groups -OCH3 is 2. The van der Waals surface area contributed by atoms with Gasteiger partial charge in [-0.15, -0.1) is 0 Å². The number of amides is 1. The molecule has 3 rings (SSSR count). The fourth-order valence-corrected chi connectivity index (χ4v) is 3.15. The highest BCUT2D eigenvalue weighted by Crippen LogP contribution is 2.32. The SMILES string of the molecule is COc1ccc(CC(=O)N(Cc2c(F)cccc2Cl)C2CC2)cc1OC. The Morgan fingerprint density at radius 1 is 1.19 bits per heavy atom. The van der Waals surface area contributed by atoms with E-state index in [4.69, 9.17) is 21.1 Å². The van der Waals surface area contributed by atoms with Gasteiger partial charge in [-0.2, -0.15) is 0 Å². The molecule has 0 heterocycles. The number of nitrogens with zero attached hydrogens (tertiary/aromatic N) is 1. The molecule has 0 saturated heterocycles. The van der Waals surface area contributed by atoms with Gasteiger partial charge in [0, 0.05) is 16.6 Å². The molecule has 138 valence electrons. The lowest BCUT2D eigenvalue weighted by molar-refractivity contribution is -0.131. The Hall–Kier alpha value is -2.27. The fraction of sp³-hybridized carbons (Fsp3) is 0.350. The monoisotopic (exact) mass is 377 g/mol. The van der Waals surface area contributed by atoms with Crippen LogP contribution < -0.4 is 9.47 Å². The molecule has 1 fully saturated rings. The molecule has 0 atom stereocenters. The third-order valence-corrected chi connectivity index (χ3v) is 4.86. The van der Waals surface area contributed by atoms with Crippen molar-refractivity contribution in [2.24, 2.45) is 0 Å². The molecule has 0 aromatic heterocycles. The number of hydrogen-bond acceptors (Lipinski definition) is 3. The quantitative estimate of drug-likeness (QED) is 0.724. The average molecular weight is 378 g/mol. The van der Waals surface area contributed by atoms with Crippen LogP contribution in [0.4, 0.5) is 4.39 Å². The van der Waals surface area contributed by atoms with Crippen LogP contribution in [0, 0.1) is 5.82 Å². The maximum absolute atomic E-state index is 14.1. The van der Waals surface area contributed by atoms with Gasteiger partial charge in [0.2, 0.25) is 5.91 Å². The minimum Gasteiger partial charge on any atom is -0.493 e. The second-order valence-electron chi connectivity index (χ2n) is 6.32. The van der Waals surface area contributed by atoms with Crippen molar-refractivity contribution in [3.8, 4) is 11.5 Å². The van der Waals surface area contributed by atoms with E-state index in [0.717, 1.165) is 18.4 Å². The maximum atomic E-state index is 14.1. The van der Waals surface area contributed by atoms with E-state index < -0.39 is 0 Å². The van der Waals surface area contributed by atoms with Gasteiger partial charge in [-0.05, 0) is 42.7 Å². The smallest absolute Gasteiger partial charge is 0.227 e. The van der Waals surface area contributed by atoms with Crippen molar-refractivity contribution in [3.05, 3.63) is 58.4 Å². The second-order valence-corrected chi connectivity index (χ2v) is 6.73. The molecule has 4 nitrogen and oxygen atoms in total. The van der Waals surface area contributed by atoms with Gasteiger partial charge in [-0.3, -0.25) is 4.79 Å². The van der Waals surface area contributed by atoms with Crippen LogP contribution in [0.15, 0.2) is 36.4 Å². The largest absolute Gasteiger partial charge is 0.493 e. The molecule has 1 saturated carbocycles. The molecule has 1 amide bonds. The van der Waals surface area contributed by atoms with Crippen molar-refractivity contribution in [3.63, 3.8) is 0 Å². The Labute approximate surface area is 157 Å². The molecule has 0 radical (unpaired) electrons. The zero-order valence-electron chi connectivity index (χ0n) is 14.8.